The third-order valence-corrected chi connectivity index (χ3v) is 6.30. The van der Waals surface area contributed by atoms with Crippen LogP contribution < -0.4 is 14.4 Å². The SMILES string of the molecule is COc1ccc(C)cc1S(=O)(=O)NCCN1CCN(c2ccccc2)CC1. The highest BCUT2D eigenvalue weighted by atomic mass is 32.2. The van der Waals surface area contributed by atoms with Gasteiger partial charge in [-0.2, -0.15) is 0 Å². The molecule has 1 N–H and O–H groups in total. The van der Waals surface area contributed by atoms with Crippen LogP contribution in [-0.2, 0) is 10.0 Å². The lowest BCUT2D eigenvalue weighted by atomic mass is 10.2. The van der Waals surface area contributed by atoms with Gasteiger partial charge in [0.25, 0.3) is 0 Å². The molecule has 0 radical (unpaired) electrons. The van der Waals surface area contributed by atoms with Crippen LogP contribution in [0, 0.1) is 6.92 Å². The zero-order valence-electron chi connectivity index (χ0n) is 15.9. The number of piperazine rings is 1. The minimum atomic E-state index is -3.59. The summed E-state index contributed by atoms with van der Waals surface area (Å²) in [6.07, 6.45) is 0. The molecule has 0 bridgehead atoms. The molecule has 1 aliphatic heterocycles. The molecule has 6 nitrogen and oxygen atoms in total. The molecule has 0 aliphatic carbocycles. The highest BCUT2D eigenvalue weighted by Crippen LogP contribution is 2.24. The van der Waals surface area contributed by atoms with E-state index < -0.39 is 10.0 Å². The number of nitrogens with zero attached hydrogens (tertiary/aromatic N) is 2. The maximum Gasteiger partial charge on any atom is 0.244 e. The fourth-order valence-corrected chi connectivity index (χ4v) is 4.55. The topological polar surface area (TPSA) is 61.9 Å². The van der Waals surface area contributed by atoms with E-state index in [0.717, 1.165) is 31.7 Å². The van der Waals surface area contributed by atoms with Gasteiger partial charge in [-0.15, -0.1) is 0 Å². The minimum Gasteiger partial charge on any atom is -0.495 e. The molecule has 0 atom stereocenters. The van der Waals surface area contributed by atoms with Crippen molar-refractivity contribution in [1.82, 2.24) is 9.62 Å². The smallest absolute Gasteiger partial charge is 0.244 e. The molecule has 3 rings (SSSR count). The van der Waals surface area contributed by atoms with E-state index in [0.29, 0.717) is 18.8 Å². The molecule has 0 aromatic heterocycles. The molecule has 0 amide bonds. The normalized spacial score (nSPS) is 15.7. The van der Waals surface area contributed by atoms with Crippen LogP contribution in [0.2, 0.25) is 0 Å². The van der Waals surface area contributed by atoms with Gasteiger partial charge in [0, 0.05) is 45.0 Å². The van der Waals surface area contributed by atoms with Crippen molar-refractivity contribution in [3.63, 3.8) is 0 Å². The van der Waals surface area contributed by atoms with Gasteiger partial charge in [-0.25, -0.2) is 13.1 Å². The zero-order chi connectivity index (χ0) is 19.3. The maximum atomic E-state index is 12.6. The van der Waals surface area contributed by atoms with Crippen LogP contribution >= 0.6 is 0 Å². The van der Waals surface area contributed by atoms with Gasteiger partial charge in [-0.3, -0.25) is 4.90 Å². The number of ether oxygens (including phenoxy) is 1. The highest BCUT2D eigenvalue weighted by molar-refractivity contribution is 7.89. The van der Waals surface area contributed by atoms with Crippen molar-refractivity contribution in [3.05, 3.63) is 54.1 Å². The third kappa shape index (κ3) is 5.00. The van der Waals surface area contributed by atoms with Crippen LogP contribution in [0.4, 0.5) is 5.69 Å². The zero-order valence-corrected chi connectivity index (χ0v) is 16.7. The average molecular weight is 390 g/mol. The highest BCUT2D eigenvalue weighted by Gasteiger charge is 2.21. The van der Waals surface area contributed by atoms with Crippen LogP contribution in [-0.4, -0.2) is 59.7 Å². The van der Waals surface area contributed by atoms with Gasteiger partial charge >= 0.3 is 0 Å². The number of hydrogen-bond acceptors (Lipinski definition) is 5. The van der Waals surface area contributed by atoms with Crippen molar-refractivity contribution in [2.75, 3.05) is 51.3 Å². The summed E-state index contributed by atoms with van der Waals surface area (Å²) >= 11 is 0. The van der Waals surface area contributed by atoms with Gasteiger partial charge < -0.3 is 9.64 Å². The molecule has 1 fully saturated rings. The summed E-state index contributed by atoms with van der Waals surface area (Å²) in [6, 6.07) is 15.5. The number of hydrogen-bond donors (Lipinski definition) is 1. The lowest BCUT2D eigenvalue weighted by Gasteiger charge is -2.36. The summed E-state index contributed by atoms with van der Waals surface area (Å²) in [4.78, 5) is 4.84. The van der Waals surface area contributed by atoms with E-state index in [1.807, 2.05) is 19.1 Å². The van der Waals surface area contributed by atoms with Crippen molar-refractivity contribution >= 4 is 15.7 Å². The Kier molecular flexibility index (Phi) is 6.36. The molecule has 2 aromatic rings. The van der Waals surface area contributed by atoms with Crippen molar-refractivity contribution in [3.8, 4) is 5.75 Å². The largest absolute Gasteiger partial charge is 0.495 e. The fourth-order valence-electron chi connectivity index (χ4n) is 3.28. The predicted molar refractivity (Wildman–Crippen MR) is 108 cm³/mol. The summed E-state index contributed by atoms with van der Waals surface area (Å²) in [5.74, 6) is 0.365. The number of methoxy groups -OCH3 is 1. The summed E-state index contributed by atoms with van der Waals surface area (Å²) in [5, 5.41) is 0. The van der Waals surface area contributed by atoms with Gasteiger partial charge in [-0.1, -0.05) is 24.3 Å². The first-order chi connectivity index (χ1) is 13.0. The summed E-state index contributed by atoms with van der Waals surface area (Å²) in [5.41, 5.74) is 2.12. The molecule has 0 saturated carbocycles. The first kappa shape index (κ1) is 19.7. The second kappa shape index (κ2) is 8.73. The Morgan fingerprint density at radius 1 is 1.04 bits per heavy atom. The molecule has 0 unspecified atom stereocenters. The fraction of sp³-hybridized carbons (Fsp3) is 0.400. The Labute approximate surface area is 161 Å². The lowest BCUT2D eigenvalue weighted by Crippen LogP contribution is -2.48. The van der Waals surface area contributed by atoms with Crippen LogP contribution in [0.1, 0.15) is 5.56 Å². The molecule has 7 heteroatoms. The predicted octanol–water partition coefficient (Wildman–Crippen LogP) is 2.10. The number of anilines is 1. The van der Waals surface area contributed by atoms with Crippen molar-refractivity contribution < 1.29 is 13.2 Å². The first-order valence-corrected chi connectivity index (χ1v) is 10.6. The number of benzene rings is 2. The van der Waals surface area contributed by atoms with Gasteiger partial charge in [0.1, 0.15) is 10.6 Å². The van der Waals surface area contributed by atoms with Gasteiger partial charge in [0.2, 0.25) is 10.0 Å². The number of sulfonamides is 1. The Morgan fingerprint density at radius 3 is 2.41 bits per heavy atom. The molecular formula is C20H27N3O3S. The molecule has 1 aliphatic rings. The van der Waals surface area contributed by atoms with Crippen LogP contribution in [0.5, 0.6) is 5.75 Å². The first-order valence-electron chi connectivity index (χ1n) is 9.16. The van der Waals surface area contributed by atoms with E-state index in [1.165, 1.54) is 12.8 Å². The second-order valence-electron chi connectivity index (χ2n) is 6.72. The average Bonchev–Trinajstić information content (AvgIpc) is 2.69. The summed E-state index contributed by atoms with van der Waals surface area (Å²) in [6.45, 7) is 6.67. The van der Waals surface area contributed by atoms with Gasteiger partial charge in [-0.05, 0) is 36.8 Å². The Hall–Kier alpha value is -2.09. The van der Waals surface area contributed by atoms with E-state index in [9.17, 15) is 8.42 Å². The van der Waals surface area contributed by atoms with Crippen LogP contribution in [0.15, 0.2) is 53.4 Å². The molecule has 146 valence electrons. The quantitative estimate of drug-likeness (QED) is 0.786. The monoisotopic (exact) mass is 389 g/mol. The van der Waals surface area contributed by atoms with Crippen molar-refractivity contribution in [1.29, 1.82) is 0 Å². The number of aryl methyl sites for hydroxylation is 1. The lowest BCUT2D eigenvalue weighted by molar-refractivity contribution is 0.262. The summed E-state index contributed by atoms with van der Waals surface area (Å²) < 4.78 is 33.2. The Bertz CT molecular complexity index is 848. The third-order valence-electron chi connectivity index (χ3n) is 4.82. The molecule has 2 aromatic carbocycles. The number of nitrogens with one attached hydrogen (secondary N) is 1. The van der Waals surface area contributed by atoms with Crippen molar-refractivity contribution in [2.24, 2.45) is 0 Å². The van der Waals surface area contributed by atoms with Gasteiger partial charge in [0.05, 0.1) is 7.11 Å². The summed E-state index contributed by atoms with van der Waals surface area (Å²) in [7, 11) is -2.11. The Morgan fingerprint density at radius 2 is 1.74 bits per heavy atom. The van der Waals surface area contributed by atoms with E-state index in [4.69, 9.17) is 4.74 Å². The standard InChI is InChI=1S/C20H27N3O3S/c1-17-8-9-19(26-2)20(16-17)27(24,25)21-10-11-22-12-14-23(15-13-22)18-6-4-3-5-7-18/h3-9,16,21H,10-15H2,1-2H3. The van der Waals surface area contributed by atoms with Crippen LogP contribution in [0.25, 0.3) is 0 Å². The van der Waals surface area contributed by atoms with Gasteiger partial charge in [0.15, 0.2) is 0 Å². The number of rotatable bonds is 7. The second-order valence-corrected chi connectivity index (χ2v) is 8.45. The van der Waals surface area contributed by atoms with E-state index >= 15 is 0 Å². The minimum absolute atomic E-state index is 0.193. The Balaban J connectivity index is 1.51. The van der Waals surface area contributed by atoms with E-state index in [1.54, 1.807) is 12.1 Å². The molecule has 27 heavy (non-hydrogen) atoms. The van der Waals surface area contributed by atoms with Crippen molar-refractivity contribution in [2.45, 2.75) is 11.8 Å². The molecular weight excluding hydrogens is 362 g/mol. The van der Waals surface area contributed by atoms with Crippen LogP contribution in [0.3, 0.4) is 0 Å². The molecule has 0 spiro atoms. The molecule has 1 heterocycles. The number of para-hydroxylation sites is 1. The molecule has 1 saturated heterocycles. The van der Waals surface area contributed by atoms with E-state index in [-0.39, 0.29) is 4.90 Å². The maximum absolute atomic E-state index is 12.6. The van der Waals surface area contributed by atoms with E-state index in [2.05, 4.69) is 38.8 Å².